The van der Waals surface area contributed by atoms with Gasteiger partial charge in [0.25, 0.3) is 0 Å². The minimum atomic E-state index is -0.224. The minimum Gasteiger partial charge on any atom is -0.123 e. The summed E-state index contributed by atoms with van der Waals surface area (Å²) in [6.45, 7) is 6.08. The van der Waals surface area contributed by atoms with Crippen LogP contribution in [0, 0.1) is 10.3 Å². The van der Waals surface area contributed by atoms with Gasteiger partial charge in [0, 0.05) is 11.0 Å². The standard InChI is InChI=1S/C15H16N2O/c1-15(2,3)14(16-17-18)13-10-6-8-11-7-4-5-9-12(11)13/h4-10H,1-3H3/b16-14+. The minimum absolute atomic E-state index is 0.224. The maximum absolute atomic E-state index is 10.5. The van der Waals surface area contributed by atoms with Gasteiger partial charge in [-0.3, -0.25) is 0 Å². The summed E-state index contributed by atoms with van der Waals surface area (Å²) < 4.78 is 0. The van der Waals surface area contributed by atoms with E-state index in [0.29, 0.717) is 5.71 Å². The van der Waals surface area contributed by atoms with Crippen molar-refractivity contribution in [3.8, 4) is 0 Å². The fourth-order valence-corrected chi connectivity index (χ4v) is 2.08. The van der Waals surface area contributed by atoms with E-state index in [2.05, 4.69) is 10.4 Å². The van der Waals surface area contributed by atoms with E-state index < -0.39 is 0 Å². The third-order valence-electron chi connectivity index (χ3n) is 2.90. The third kappa shape index (κ3) is 2.30. The van der Waals surface area contributed by atoms with Crippen LogP contribution in [0.25, 0.3) is 10.8 Å². The molecule has 0 amide bonds. The Kier molecular flexibility index (Phi) is 3.24. The molecule has 2 aromatic carbocycles. The van der Waals surface area contributed by atoms with Crippen LogP contribution in [-0.2, 0) is 0 Å². The molecular formula is C15H16N2O. The number of hydrogen-bond acceptors (Lipinski definition) is 2. The smallest absolute Gasteiger partial charge is 0.0800 e. The Hall–Kier alpha value is -2.03. The Morgan fingerprint density at radius 2 is 1.67 bits per heavy atom. The van der Waals surface area contributed by atoms with Crippen LogP contribution < -0.4 is 0 Å². The molecule has 3 heteroatoms. The lowest BCUT2D eigenvalue weighted by Gasteiger charge is -2.21. The van der Waals surface area contributed by atoms with Crippen LogP contribution in [0.3, 0.4) is 0 Å². The van der Waals surface area contributed by atoms with Crippen molar-refractivity contribution in [1.82, 2.24) is 0 Å². The second kappa shape index (κ2) is 4.69. The molecule has 0 saturated carbocycles. The predicted octanol–water partition coefficient (Wildman–Crippen LogP) is 4.36. The van der Waals surface area contributed by atoms with E-state index in [-0.39, 0.29) is 5.41 Å². The van der Waals surface area contributed by atoms with E-state index in [4.69, 9.17) is 0 Å². The van der Waals surface area contributed by atoms with Crippen LogP contribution in [0.2, 0.25) is 0 Å². The molecule has 0 aliphatic carbocycles. The summed E-state index contributed by atoms with van der Waals surface area (Å²) in [4.78, 5) is 10.5. The van der Waals surface area contributed by atoms with Gasteiger partial charge in [-0.05, 0) is 10.8 Å². The molecule has 0 aliphatic rings. The van der Waals surface area contributed by atoms with Crippen molar-refractivity contribution < 1.29 is 0 Å². The van der Waals surface area contributed by atoms with Crippen molar-refractivity contribution in [2.24, 2.45) is 15.8 Å². The van der Waals surface area contributed by atoms with Gasteiger partial charge in [-0.1, -0.05) is 63.2 Å². The molecule has 0 unspecified atom stereocenters. The highest BCUT2D eigenvalue weighted by molar-refractivity contribution is 6.13. The maximum Gasteiger partial charge on any atom is 0.0800 e. The molecule has 0 spiro atoms. The van der Waals surface area contributed by atoms with E-state index in [9.17, 15) is 4.91 Å². The first kappa shape index (κ1) is 12.4. The Morgan fingerprint density at radius 3 is 2.33 bits per heavy atom. The molecular weight excluding hydrogens is 224 g/mol. The van der Waals surface area contributed by atoms with Crippen molar-refractivity contribution in [3.63, 3.8) is 0 Å². The first-order valence-corrected chi connectivity index (χ1v) is 5.93. The van der Waals surface area contributed by atoms with E-state index in [1.807, 2.05) is 63.2 Å². The lowest BCUT2D eigenvalue weighted by atomic mass is 9.84. The Bertz CT molecular complexity index is 604. The lowest BCUT2D eigenvalue weighted by Crippen LogP contribution is -2.21. The zero-order valence-corrected chi connectivity index (χ0v) is 10.8. The quantitative estimate of drug-likeness (QED) is 0.437. The van der Waals surface area contributed by atoms with Crippen LogP contribution in [0.5, 0.6) is 0 Å². The van der Waals surface area contributed by atoms with E-state index in [1.165, 1.54) is 0 Å². The molecule has 2 rings (SSSR count). The monoisotopic (exact) mass is 240 g/mol. The van der Waals surface area contributed by atoms with Crippen molar-refractivity contribution in [2.75, 3.05) is 0 Å². The van der Waals surface area contributed by atoms with Gasteiger partial charge >= 0.3 is 0 Å². The van der Waals surface area contributed by atoms with Crippen molar-refractivity contribution in [2.45, 2.75) is 20.8 Å². The lowest BCUT2D eigenvalue weighted by molar-refractivity contribution is 0.590. The Morgan fingerprint density at radius 1 is 1.00 bits per heavy atom. The summed E-state index contributed by atoms with van der Waals surface area (Å²) in [5, 5.41) is 8.76. The van der Waals surface area contributed by atoms with Crippen molar-refractivity contribution in [1.29, 1.82) is 0 Å². The molecule has 0 aromatic heterocycles. The van der Waals surface area contributed by atoms with Crippen molar-refractivity contribution >= 4 is 16.5 Å². The molecule has 0 radical (unpaired) electrons. The molecule has 92 valence electrons. The number of hydrogen-bond donors (Lipinski definition) is 0. The van der Waals surface area contributed by atoms with Crippen LogP contribution in [0.15, 0.2) is 52.9 Å². The molecule has 0 aliphatic heterocycles. The molecule has 0 atom stereocenters. The first-order valence-electron chi connectivity index (χ1n) is 5.93. The van der Waals surface area contributed by atoms with Crippen LogP contribution in [0.1, 0.15) is 26.3 Å². The normalized spacial score (nSPS) is 12.7. The van der Waals surface area contributed by atoms with Gasteiger partial charge in [-0.25, -0.2) is 0 Å². The Balaban J connectivity index is 2.73. The Labute approximate surface area is 106 Å². The molecule has 0 bridgehead atoms. The van der Waals surface area contributed by atoms with E-state index in [0.717, 1.165) is 16.3 Å². The number of fused-ring (bicyclic) bond motifs is 1. The molecule has 18 heavy (non-hydrogen) atoms. The van der Waals surface area contributed by atoms with Gasteiger partial charge in [0.15, 0.2) is 0 Å². The van der Waals surface area contributed by atoms with Crippen LogP contribution in [-0.4, -0.2) is 5.71 Å². The highest BCUT2D eigenvalue weighted by Crippen LogP contribution is 2.27. The SMILES string of the molecule is CC(C)(C)/C(=N/N=O)c1cccc2ccccc12. The fourth-order valence-electron chi connectivity index (χ4n) is 2.08. The number of rotatable bonds is 2. The largest absolute Gasteiger partial charge is 0.123 e. The van der Waals surface area contributed by atoms with Crippen LogP contribution >= 0.6 is 0 Å². The summed E-state index contributed by atoms with van der Waals surface area (Å²) in [6, 6.07) is 14.1. The molecule has 0 N–H and O–H groups in total. The zero-order chi connectivity index (χ0) is 13.2. The highest BCUT2D eigenvalue weighted by atomic mass is 16.3. The molecule has 0 heterocycles. The molecule has 2 aromatic rings. The van der Waals surface area contributed by atoms with Crippen molar-refractivity contribution in [3.05, 3.63) is 52.9 Å². The highest BCUT2D eigenvalue weighted by Gasteiger charge is 2.22. The number of nitrogens with zero attached hydrogens (tertiary/aromatic N) is 2. The third-order valence-corrected chi connectivity index (χ3v) is 2.90. The van der Waals surface area contributed by atoms with Gasteiger partial charge in [0.2, 0.25) is 0 Å². The second-order valence-electron chi connectivity index (χ2n) is 5.31. The van der Waals surface area contributed by atoms with Gasteiger partial charge in [-0.15, -0.1) is 10.0 Å². The molecule has 0 fully saturated rings. The first-order chi connectivity index (χ1) is 8.54. The zero-order valence-electron chi connectivity index (χ0n) is 10.8. The van der Waals surface area contributed by atoms with Gasteiger partial charge in [0.05, 0.1) is 11.0 Å². The summed E-state index contributed by atoms with van der Waals surface area (Å²) in [5.41, 5.74) is 1.47. The topological polar surface area (TPSA) is 41.8 Å². The predicted molar refractivity (Wildman–Crippen MR) is 75.7 cm³/mol. The molecule has 3 nitrogen and oxygen atoms in total. The number of nitroso groups, excluding NO2 is 1. The summed E-state index contributed by atoms with van der Waals surface area (Å²) in [5.74, 6) is 0. The van der Waals surface area contributed by atoms with E-state index in [1.54, 1.807) is 0 Å². The summed E-state index contributed by atoms with van der Waals surface area (Å²) in [7, 11) is 0. The maximum atomic E-state index is 10.5. The summed E-state index contributed by atoms with van der Waals surface area (Å²) >= 11 is 0. The van der Waals surface area contributed by atoms with Crippen LogP contribution in [0.4, 0.5) is 0 Å². The average Bonchev–Trinajstić information content (AvgIpc) is 2.34. The van der Waals surface area contributed by atoms with Gasteiger partial charge < -0.3 is 0 Å². The van der Waals surface area contributed by atoms with Gasteiger partial charge in [-0.2, -0.15) is 0 Å². The average molecular weight is 240 g/mol. The number of benzene rings is 2. The van der Waals surface area contributed by atoms with E-state index >= 15 is 0 Å². The fraction of sp³-hybridized carbons (Fsp3) is 0.267. The van der Waals surface area contributed by atoms with Gasteiger partial charge in [0.1, 0.15) is 0 Å². The summed E-state index contributed by atoms with van der Waals surface area (Å²) in [6.07, 6.45) is 0. The second-order valence-corrected chi connectivity index (χ2v) is 5.31. The molecule has 0 saturated heterocycles.